The first-order valence-corrected chi connectivity index (χ1v) is 17.7. The van der Waals surface area contributed by atoms with Gasteiger partial charge in [-0.1, -0.05) is 86.0 Å². The number of aromatic amines is 2. The minimum Gasteiger partial charge on any atom is -0.481 e. The average Bonchev–Trinajstić information content (AvgIpc) is 3.66. The number of aryl methyl sites for hydroxylation is 1. The number of Topliss-reactive ketones (excluding diaryl/α,β-unsaturated/α-hetero) is 2. The molecule has 3 N–H and O–H groups in total. The molecule has 0 spiro atoms. The molecule has 8 heteroatoms. The van der Waals surface area contributed by atoms with Gasteiger partial charge in [-0.25, -0.2) is 0 Å². The van der Waals surface area contributed by atoms with Gasteiger partial charge < -0.3 is 24.5 Å². The summed E-state index contributed by atoms with van der Waals surface area (Å²) in [6.45, 7) is 14.4. The number of ketones is 2. The van der Waals surface area contributed by atoms with E-state index in [9.17, 15) is 19.5 Å². The molecule has 46 heavy (non-hydrogen) atoms. The maximum absolute atomic E-state index is 13.8. The van der Waals surface area contributed by atoms with Gasteiger partial charge in [-0.2, -0.15) is 0 Å². The maximum atomic E-state index is 13.8. The van der Waals surface area contributed by atoms with Gasteiger partial charge in [0.05, 0.1) is 13.0 Å². The molecule has 8 nitrogen and oxygen atoms in total. The van der Waals surface area contributed by atoms with E-state index in [1.54, 1.807) is 26.1 Å². The van der Waals surface area contributed by atoms with Gasteiger partial charge in [0.25, 0.3) is 0 Å². The second-order valence-corrected chi connectivity index (χ2v) is 14.9. The number of rotatable bonds is 21. The fourth-order valence-corrected chi connectivity index (χ4v) is 6.79. The number of hydrogen-bond acceptors (Lipinski definition) is 5. The molecule has 0 bridgehead atoms. The minimum atomic E-state index is -0.918. The van der Waals surface area contributed by atoms with Crippen molar-refractivity contribution in [3.63, 3.8) is 0 Å². The van der Waals surface area contributed by atoms with Crippen molar-refractivity contribution < 1.29 is 29.0 Å². The smallest absolute Gasteiger partial charge is 0.304 e. The Bertz CT molecular complexity index is 1260. The lowest BCUT2D eigenvalue weighted by Crippen LogP contribution is -2.53. The molecule has 2 aromatic rings. The van der Waals surface area contributed by atoms with Crippen molar-refractivity contribution in [2.75, 3.05) is 6.61 Å². The van der Waals surface area contributed by atoms with Gasteiger partial charge >= 0.3 is 5.97 Å². The molecule has 0 aromatic carbocycles. The van der Waals surface area contributed by atoms with Gasteiger partial charge in [0.1, 0.15) is 6.10 Å². The Morgan fingerprint density at radius 3 is 2.17 bits per heavy atom. The normalized spacial score (nSPS) is 18.8. The van der Waals surface area contributed by atoms with Crippen LogP contribution in [0.15, 0.2) is 24.5 Å². The summed E-state index contributed by atoms with van der Waals surface area (Å²) in [4.78, 5) is 46.0. The van der Waals surface area contributed by atoms with E-state index in [0.717, 1.165) is 24.1 Å². The highest BCUT2D eigenvalue weighted by Crippen LogP contribution is 2.38. The fourth-order valence-electron chi connectivity index (χ4n) is 6.79. The van der Waals surface area contributed by atoms with Crippen LogP contribution in [0.3, 0.4) is 0 Å². The highest BCUT2D eigenvalue weighted by molar-refractivity contribution is 6.01. The molecule has 2 aromatic heterocycles. The van der Waals surface area contributed by atoms with E-state index in [2.05, 4.69) is 30.7 Å². The van der Waals surface area contributed by atoms with E-state index < -0.39 is 23.3 Å². The molecule has 3 rings (SSSR count). The average molecular weight is 641 g/mol. The number of H-pyrrole nitrogens is 2. The zero-order chi connectivity index (χ0) is 33.9. The second-order valence-electron chi connectivity index (χ2n) is 14.9. The van der Waals surface area contributed by atoms with Crippen LogP contribution < -0.4 is 0 Å². The Labute approximate surface area is 276 Å². The second kappa shape index (κ2) is 17.4. The van der Waals surface area contributed by atoms with Gasteiger partial charge in [-0.3, -0.25) is 14.4 Å². The van der Waals surface area contributed by atoms with E-state index >= 15 is 0 Å². The number of aliphatic carboxylic acids is 1. The number of carbonyl (C=O) groups is 3. The maximum Gasteiger partial charge on any atom is 0.304 e. The molecular formula is C38H60N2O6. The standard InChI is InChI=1S/C38H60N2O6/c1-8-9-10-11-12-13-14-15-18-28(26(2)3)34(43)29-20-22-39-31(29)19-16-17-27(24-32(41)42)33-30(21-23-40-33)35(44)36-37(4,5)25-45-38(6,7)46-36/h20-23,26-28,36,39-40H,8-19,24-25H2,1-7H3,(H,41,42). The summed E-state index contributed by atoms with van der Waals surface area (Å²) in [5.41, 5.74) is 2.22. The Morgan fingerprint density at radius 2 is 1.52 bits per heavy atom. The van der Waals surface area contributed by atoms with Gasteiger partial charge in [-0.15, -0.1) is 0 Å². The SMILES string of the molecule is CCCCCCCCCCC(C(=O)c1cc[nH]c1CCCC(CC(=O)O)c1[nH]ccc1C(=O)C1OC(C)(C)OCC1(C)C)C(C)C. The zero-order valence-corrected chi connectivity index (χ0v) is 29.5. The fraction of sp³-hybridized carbons (Fsp3) is 0.711. The van der Waals surface area contributed by atoms with Gasteiger partial charge in [0.15, 0.2) is 17.4 Å². The molecule has 3 heterocycles. The third-order valence-electron chi connectivity index (χ3n) is 9.60. The van der Waals surface area contributed by atoms with Crippen LogP contribution >= 0.6 is 0 Å². The van der Waals surface area contributed by atoms with Crippen LogP contribution in [0.5, 0.6) is 0 Å². The van der Waals surface area contributed by atoms with Crippen LogP contribution in [-0.2, 0) is 20.7 Å². The molecule has 1 aliphatic heterocycles. The monoisotopic (exact) mass is 640 g/mol. The predicted octanol–water partition coefficient (Wildman–Crippen LogP) is 9.27. The first-order valence-electron chi connectivity index (χ1n) is 17.7. The van der Waals surface area contributed by atoms with E-state index in [0.29, 0.717) is 37.1 Å². The molecule has 258 valence electrons. The summed E-state index contributed by atoms with van der Waals surface area (Å²) in [6.07, 6.45) is 15.5. The molecule has 0 radical (unpaired) electrons. The number of carboxylic acid groups (broad SMARTS) is 1. The van der Waals surface area contributed by atoms with Crippen LogP contribution in [0.4, 0.5) is 0 Å². The number of nitrogens with one attached hydrogen (secondary N) is 2. The summed E-state index contributed by atoms with van der Waals surface area (Å²) in [7, 11) is 0. The van der Waals surface area contributed by atoms with Gasteiger partial charge in [0, 0.05) is 52.2 Å². The molecule has 0 amide bonds. The van der Waals surface area contributed by atoms with Crippen LogP contribution in [0.2, 0.25) is 0 Å². The molecular weight excluding hydrogens is 580 g/mol. The van der Waals surface area contributed by atoms with Crippen LogP contribution in [0.25, 0.3) is 0 Å². The highest BCUT2D eigenvalue weighted by atomic mass is 16.7. The van der Waals surface area contributed by atoms with E-state index in [-0.39, 0.29) is 35.7 Å². The quantitative estimate of drug-likeness (QED) is 0.0924. The Balaban J connectivity index is 1.64. The molecule has 1 fully saturated rings. The van der Waals surface area contributed by atoms with Gasteiger partial charge in [-0.05, 0) is 57.6 Å². The van der Waals surface area contributed by atoms with E-state index in [1.807, 2.05) is 26.1 Å². The number of carbonyl (C=O) groups excluding carboxylic acids is 2. The lowest BCUT2D eigenvalue weighted by Gasteiger charge is -2.45. The summed E-state index contributed by atoms with van der Waals surface area (Å²) in [6, 6.07) is 3.63. The van der Waals surface area contributed by atoms with Crippen molar-refractivity contribution in [3.05, 3.63) is 47.0 Å². The van der Waals surface area contributed by atoms with Crippen LogP contribution in [0.1, 0.15) is 164 Å². The van der Waals surface area contributed by atoms with Crippen molar-refractivity contribution in [1.82, 2.24) is 9.97 Å². The largest absolute Gasteiger partial charge is 0.481 e. The number of unbranched alkanes of at least 4 members (excludes halogenated alkanes) is 7. The molecule has 3 unspecified atom stereocenters. The molecule has 0 saturated carbocycles. The highest BCUT2D eigenvalue weighted by Gasteiger charge is 2.46. The van der Waals surface area contributed by atoms with E-state index in [1.165, 1.54) is 44.9 Å². The van der Waals surface area contributed by atoms with Crippen molar-refractivity contribution in [1.29, 1.82) is 0 Å². The van der Waals surface area contributed by atoms with Crippen molar-refractivity contribution in [2.45, 2.75) is 150 Å². The predicted molar refractivity (Wildman–Crippen MR) is 182 cm³/mol. The lowest BCUT2D eigenvalue weighted by molar-refractivity contribution is -0.298. The topological polar surface area (TPSA) is 121 Å². The Hall–Kier alpha value is -2.71. The summed E-state index contributed by atoms with van der Waals surface area (Å²) < 4.78 is 11.9. The number of aromatic nitrogens is 2. The zero-order valence-electron chi connectivity index (χ0n) is 29.5. The van der Waals surface area contributed by atoms with Crippen molar-refractivity contribution in [2.24, 2.45) is 17.3 Å². The van der Waals surface area contributed by atoms with Crippen LogP contribution in [0, 0.1) is 17.3 Å². The molecule has 1 aliphatic rings. The third-order valence-corrected chi connectivity index (χ3v) is 9.60. The number of hydrogen-bond donors (Lipinski definition) is 3. The molecule has 3 atom stereocenters. The first kappa shape index (κ1) is 37.7. The summed E-state index contributed by atoms with van der Waals surface area (Å²) in [5, 5.41) is 9.79. The van der Waals surface area contributed by atoms with Crippen molar-refractivity contribution in [3.8, 4) is 0 Å². The van der Waals surface area contributed by atoms with Gasteiger partial charge in [0.2, 0.25) is 0 Å². The Kier molecular flexibility index (Phi) is 14.3. The number of ether oxygens (including phenoxy) is 2. The van der Waals surface area contributed by atoms with Crippen molar-refractivity contribution >= 4 is 17.5 Å². The molecule has 1 saturated heterocycles. The summed E-state index contributed by atoms with van der Waals surface area (Å²) in [5.74, 6) is -1.90. The number of carboxylic acids is 1. The third kappa shape index (κ3) is 10.7. The molecule has 0 aliphatic carbocycles. The Morgan fingerprint density at radius 1 is 0.891 bits per heavy atom. The minimum absolute atomic E-state index is 0.0106. The first-order chi connectivity index (χ1) is 21.8. The lowest BCUT2D eigenvalue weighted by atomic mass is 9.80. The van der Waals surface area contributed by atoms with Crippen LogP contribution in [-0.4, -0.2) is 51.1 Å². The van der Waals surface area contributed by atoms with E-state index in [4.69, 9.17) is 9.47 Å². The summed E-state index contributed by atoms with van der Waals surface area (Å²) >= 11 is 0.